The van der Waals surface area contributed by atoms with Crippen molar-refractivity contribution in [3.05, 3.63) is 52.0 Å². The van der Waals surface area contributed by atoms with E-state index in [4.69, 9.17) is 32.7 Å². The van der Waals surface area contributed by atoms with Gasteiger partial charge in [-0.1, -0.05) is 56.8 Å². The summed E-state index contributed by atoms with van der Waals surface area (Å²) in [6.45, 7) is 8.28. The summed E-state index contributed by atoms with van der Waals surface area (Å²) in [6, 6.07) is 9.57. The number of nitrogens with zero attached hydrogens (tertiary/aromatic N) is 1. The monoisotopic (exact) mass is 581 g/mol. The lowest BCUT2D eigenvalue weighted by molar-refractivity contribution is -0.126. The van der Waals surface area contributed by atoms with Gasteiger partial charge in [0.15, 0.2) is 9.84 Å². The second kappa shape index (κ2) is 11.0. The van der Waals surface area contributed by atoms with Crippen LogP contribution in [0.5, 0.6) is 5.75 Å². The van der Waals surface area contributed by atoms with Crippen molar-refractivity contribution >= 4 is 44.6 Å². The first kappa shape index (κ1) is 29.2. The van der Waals surface area contributed by atoms with Gasteiger partial charge in [-0.25, -0.2) is 8.42 Å². The van der Waals surface area contributed by atoms with Gasteiger partial charge < -0.3 is 14.4 Å². The maximum absolute atomic E-state index is 14.2. The molecule has 1 aliphatic heterocycles. The molecule has 38 heavy (non-hydrogen) atoms. The summed E-state index contributed by atoms with van der Waals surface area (Å²) in [5.41, 5.74) is 0.362. The molecule has 1 saturated heterocycles. The Hall–Kier alpha value is -1.80. The SMILES string of the molecule is COc1cc(C2(S(=O)(=O)c3ccc(Cl)cc3)CCOCC2)cc(Cl)c1N(C(=O)C(C)(C)C)C(C)CC1CC1. The highest BCUT2D eigenvalue weighted by Gasteiger charge is 2.48. The van der Waals surface area contributed by atoms with Crippen molar-refractivity contribution in [1.29, 1.82) is 0 Å². The van der Waals surface area contributed by atoms with Crippen LogP contribution in [0.4, 0.5) is 5.69 Å². The summed E-state index contributed by atoms with van der Waals surface area (Å²) in [6.07, 6.45) is 3.73. The molecule has 1 atom stereocenters. The van der Waals surface area contributed by atoms with E-state index in [0.29, 0.717) is 41.2 Å². The minimum atomic E-state index is -3.87. The number of amides is 1. The van der Waals surface area contributed by atoms with Crippen molar-refractivity contribution in [2.45, 2.75) is 75.5 Å². The van der Waals surface area contributed by atoms with Gasteiger partial charge in [-0.05, 0) is 74.1 Å². The molecule has 6 nitrogen and oxygen atoms in total. The predicted molar refractivity (Wildman–Crippen MR) is 152 cm³/mol. The van der Waals surface area contributed by atoms with E-state index in [1.807, 2.05) is 27.7 Å². The van der Waals surface area contributed by atoms with Crippen LogP contribution in [0.25, 0.3) is 0 Å². The van der Waals surface area contributed by atoms with Crippen LogP contribution in [-0.4, -0.2) is 40.7 Å². The molecule has 2 fully saturated rings. The lowest BCUT2D eigenvalue weighted by atomic mass is 9.89. The zero-order valence-electron chi connectivity index (χ0n) is 22.7. The topological polar surface area (TPSA) is 72.9 Å². The van der Waals surface area contributed by atoms with Crippen LogP contribution in [0, 0.1) is 11.3 Å². The van der Waals surface area contributed by atoms with E-state index in [2.05, 4.69) is 0 Å². The molecule has 2 aromatic carbocycles. The summed E-state index contributed by atoms with van der Waals surface area (Å²) in [7, 11) is -2.34. The normalized spacial score (nSPS) is 18.6. The molecule has 4 rings (SSSR count). The van der Waals surface area contributed by atoms with Crippen molar-refractivity contribution in [3.8, 4) is 5.75 Å². The minimum absolute atomic E-state index is 0.0619. The van der Waals surface area contributed by atoms with E-state index in [0.717, 1.165) is 6.42 Å². The number of methoxy groups -OCH3 is 1. The van der Waals surface area contributed by atoms with Gasteiger partial charge in [0.2, 0.25) is 5.91 Å². The van der Waals surface area contributed by atoms with Crippen LogP contribution >= 0.6 is 23.2 Å². The van der Waals surface area contributed by atoms with Gasteiger partial charge in [-0.3, -0.25) is 4.79 Å². The lowest BCUT2D eigenvalue weighted by Gasteiger charge is -2.39. The molecule has 0 N–H and O–H groups in total. The lowest BCUT2D eigenvalue weighted by Crippen LogP contribution is -2.46. The fourth-order valence-electron chi connectivity index (χ4n) is 5.30. The summed E-state index contributed by atoms with van der Waals surface area (Å²) in [5.74, 6) is 0.914. The molecule has 1 aliphatic carbocycles. The van der Waals surface area contributed by atoms with Crippen molar-refractivity contribution in [1.82, 2.24) is 0 Å². The molecule has 1 heterocycles. The molecule has 1 unspecified atom stereocenters. The highest BCUT2D eigenvalue weighted by Crippen LogP contribution is 2.49. The Kier molecular flexibility index (Phi) is 8.44. The molecule has 208 valence electrons. The Labute approximate surface area is 236 Å². The summed E-state index contributed by atoms with van der Waals surface area (Å²) < 4.78 is 38.5. The zero-order chi connectivity index (χ0) is 27.9. The molecule has 0 bridgehead atoms. The van der Waals surface area contributed by atoms with Crippen molar-refractivity contribution in [2.75, 3.05) is 25.2 Å². The number of anilines is 1. The summed E-state index contributed by atoms with van der Waals surface area (Å²) in [4.78, 5) is 15.7. The van der Waals surface area contributed by atoms with Crippen LogP contribution < -0.4 is 9.64 Å². The third-order valence-electron chi connectivity index (χ3n) is 7.63. The Morgan fingerprint density at radius 3 is 2.26 bits per heavy atom. The predicted octanol–water partition coefficient (Wildman–Crippen LogP) is 7.05. The highest BCUT2D eigenvalue weighted by molar-refractivity contribution is 7.92. The van der Waals surface area contributed by atoms with Gasteiger partial charge in [0.1, 0.15) is 16.2 Å². The van der Waals surface area contributed by atoms with Crippen molar-refractivity contribution in [3.63, 3.8) is 0 Å². The number of ether oxygens (including phenoxy) is 2. The van der Waals surface area contributed by atoms with Crippen molar-refractivity contribution in [2.24, 2.45) is 11.3 Å². The van der Waals surface area contributed by atoms with Gasteiger partial charge in [0.25, 0.3) is 0 Å². The number of sulfone groups is 1. The number of carbonyl (C=O) groups is 1. The zero-order valence-corrected chi connectivity index (χ0v) is 25.0. The van der Waals surface area contributed by atoms with Gasteiger partial charge in [0.05, 0.1) is 17.0 Å². The van der Waals surface area contributed by atoms with E-state index < -0.39 is 20.0 Å². The number of rotatable bonds is 8. The average Bonchev–Trinajstić information content (AvgIpc) is 3.68. The van der Waals surface area contributed by atoms with Gasteiger partial charge in [0, 0.05) is 29.7 Å². The molecule has 0 radical (unpaired) electrons. The molecular formula is C29H37Cl2NO5S. The Bertz CT molecular complexity index is 1280. The molecule has 1 amide bonds. The quantitative estimate of drug-likeness (QED) is 0.334. The fourth-order valence-corrected chi connectivity index (χ4v) is 7.81. The first-order valence-electron chi connectivity index (χ1n) is 13.1. The number of hydrogen-bond acceptors (Lipinski definition) is 5. The molecule has 2 aliphatic rings. The molecule has 0 aromatic heterocycles. The summed E-state index contributed by atoms with van der Waals surface area (Å²) in [5, 5.41) is 0.750. The molecular weight excluding hydrogens is 545 g/mol. The van der Waals surface area contributed by atoms with E-state index in [9.17, 15) is 13.2 Å². The maximum atomic E-state index is 14.2. The smallest absolute Gasteiger partial charge is 0.232 e. The van der Waals surface area contributed by atoms with E-state index >= 15 is 0 Å². The molecule has 2 aromatic rings. The van der Waals surface area contributed by atoms with Gasteiger partial charge >= 0.3 is 0 Å². The standard InChI is InChI=1S/C29H37Cl2NO5S/c1-19(16-20-6-7-20)32(27(33)28(2,3)4)26-24(31)17-21(18-25(26)36-5)29(12-14-37-15-13-29)38(34,35)23-10-8-22(30)9-11-23/h8-11,17-20H,6-7,12-16H2,1-5H3. The van der Waals surface area contributed by atoms with Gasteiger partial charge in [-0.2, -0.15) is 0 Å². The second-order valence-electron chi connectivity index (χ2n) is 11.5. The van der Waals surface area contributed by atoms with Crippen LogP contribution in [-0.2, 0) is 24.1 Å². The maximum Gasteiger partial charge on any atom is 0.232 e. The molecule has 0 spiro atoms. The van der Waals surface area contributed by atoms with Crippen LogP contribution in [0.15, 0.2) is 41.3 Å². The van der Waals surface area contributed by atoms with Gasteiger partial charge in [-0.15, -0.1) is 0 Å². The highest BCUT2D eigenvalue weighted by atomic mass is 35.5. The summed E-state index contributed by atoms with van der Waals surface area (Å²) >= 11 is 13.0. The first-order chi connectivity index (χ1) is 17.8. The van der Waals surface area contributed by atoms with E-state index in [-0.39, 0.29) is 34.7 Å². The average molecular weight is 583 g/mol. The third-order valence-corrected chi connectivity index (χ3v) is 10.7. The third kappa shape index (κ3) is 5.58. The molecule has 9 heteroatoms. The fraction of sp³-hybridized carbons (Fsp3) is 0.552. The molecule has 1 saturated carbocycles. The van der Waals surface area contributed by atoms with E-state index in [1.54, 1.807) is 29.2 Å². The second-order valence-corrected chi connectivity index (χ2v) is 14.6. The Morgan fingerprint density at radius 1 is 1.13 bits per heavy atom. The van der Waals surface area contributed by atoms with Crippen LogP contribution in [0.1, 0.15) is 65.4 Å². The number of hydrogen-bond donors (Lipinski definition) is 0. The van der Waals surface area contributed by atoms with Crippen LogP contribution in [0.2, 0.25) is 10.0 Å². The van der Waals surface area contributed by atoms with Crippen molar-refractivity contribution < 1.29 is 22.7 Å². The minimum Gasteiger partial charge on any atom is -0.495 e. The number of benzene rings is 2. The first-order valence-corrected chi connectivity index (χ1v) is 15.4. The van der Waals surface area contributed by atoms with E-state index in [1.165, 1.54) is 32.1 Å². The number of carbonyl (C=O) groups excluding carboxylic acids is 1. The Morgan fingerprint density at radius 2 is 1.74 bits per heavy atom. The number of halogens is 2. The van der Waals surface area contributed by atoms with Crippen LogP contribution in [0.3, 0.4) is 0 Å². The largest absolute Gasteiger partial charge is 0.495 e. The Balaban J connectivity index is 1.88.